The Bertz CT molecular complexity index is 548. The zero-order valence-corrected chi connectivity index (χ0v) is 12.4. The molecule has 1 aromatic carbocycles. The van der Waals surface area contributed by atoms with E-state index in [4.69, 9.17) is 11.6 Å². The van der Waals surface area contributed by atoms with Crippen molar-refractivity contribution in [1.82, 2.24) is 15.1 Å². The Kier molecular flexibility index (Phi) is 4.61. The van der Waals surface area contributed by atoms with Crippen molar-refractivity contribution in [3.63, 3.8) is 0 Å². The van der Waals surface area contributed by atoms with Gasteiger partial charge in [0, 0.05) is 29.9 Å². The average Bonchev–Trinajstić information content (AvgIpc) is 2.68. The maximum atomic E-state index is 6.05. The van der Waals surface area contributed by atoms with Gasteiger partial charge in [0.25, 0.3) is 0 Å². The molecule has 0 saturated carbocycles. The fraction of sp³-hybridized carbons (Fsp3) is 0.400. The molecule has 0 bridgehead atoms. The second kappa shape index (κ2) is 6.22. The van der Waals surface area contributed by atoms with E-state index < -0.39 is 0 Å². The topological polar surface area (TPSA) is 29.9 Å². The summed E-state index contributed by atoms with van der Waals surface area (Å²) in [5.74, 6) is 0. The van der Waals surface area contributed by atoms with Crippen molar-refractivity contribution in [2.24, 2.45) is 7.05 Å². The molecule has 2 rings (SSSR count). The Morgan fingerprint density at radius 2 is 2.21 bits per heavy atom. The molecule has 0 radical (unpaired) electrons. The Balaban J connectivity index is 2.23. The number of hydrogen-bond donors (Lipinski definition) is 1. The minimum absolute atomic E-state index is 0.275. The molecule has 0 spiro atoms. The van der Waals surface area contributed by atoms with Gasteiger partial charge in [-0.25, -0.2) is 0 Å². The molecule has 0 saturated heterocycles. The molecule has 4 heteroatoms. The van der Waals surface area contributed by atoms with Gasteiger partial charge in [-0.1, -0.05) is 30.7 Å². The predicted molar refractivity (Wildman–Crippen MR) is 79.5 cm³/mol. The minimum Gasteiger partial charge on any atom is -0.310 e. The summed E-state index contributed by atoms with van der Waals surface area (Å²) < 4.78 is 1.87. The summed E-state index contributed by atoms with van der Waals surface area (Å²) in [6.45, 7) is 5.11. The maximum Gasteiger partial charge on any atom is 0.0641 e. The van der Waals surface area contributed by atoms with E-state index in [9.17, 15) is 0 Å². The lowest BCUT2D eigenvalue weighted by atomic mass is 9.99. The second-order valence-electron chi connectivity index (χ2n) is 4.79. The van der Waals surface area contributed by atoms with Crippen LogP contribution in [0.15, 0.2) is 30.5 Å². The minimum atomic E-state index is 0.275. The number of rotatable bonds is 5. The first-order valence-electron chi connectivity index (χ1n) is 6.58. The zero-order chi connectivity index (χ0) is 13.8. The molecule has 0 aliphatic heterocycles. The number of aryl methyl sites for hydroxylation is 2. The van der Waals surface area contributed by atoms with Crippen molar-refractivity contribution in [3.8, 4) is 0 Å². The van der Waals surface area contributed by atoms with Gasteiger partial charge in [-0.2, -0.15) is 5.10 Å². The molecular weight excluding hydrogens is 258 g/mol. The van der Waals surface area contributed by atoms with Crippen molar-refractivity contribution in [1.29, 1.82) is 0 Å². The molecule has 1 unspecified atom stereocenters. The monoisotopic (exact) mass is 277 g/mol. The van der Waals surface area contributed by atoms with Crippen LogP contribution in [-0.4, -0.2) is 16.3 Å². The number of hydrogen-bond acceptors (Lipinski definition) is 2. The predicted octanol–water partition coefficient (Wildman–Crippen LogP) is 3.28. The highest BCUT2D eigenvalue weighted by atomic mass is 35.5. The fourth-order valence-corrected chi connectivity index (χ4v) is 2.61. The molecule has 2 aromatic rings. The molecule has 0 fully saturated rings. The Labute approximate surface area is 119 Å². The highest BCUT2D eigenvalue weighted by molar-refractivity contribution is 6.30. The van der Waals surface area contributed by atoms with Gasteiger partial charge in [0.1, 0.15) is 0 Å². The van der Waals surface area contributed by atoms with E-state index in [1.165, 1.54) is 11.1 Å². The molecule has 0 aliphatic carbocycles. The Morgan fingerprint density at radius 3 is 2.79 bits per heavy atom. The molecule has 102 valence electrons. The third-order valence-corrected chi connectivity index (χ3v) is 3.44. The van der Waals surface area contributed by atoms with E-state index in [0.717, 1.165) is 23.7 Å². The highest BCUT2D eigenvalue weighted by Crippen LogP contribution is 2.22. The van der Waals surface area contributed by atoms with Crippen LogP contribution in [0, 0.1) is 6.92 Å². The number of likely N-dealkylation sites (N-methyl/N-ethyl adjacent to an activating group) is 1. The highest BCUT2D eigenvalue weighted by Gasteiger charge is 2.16. The van der Waals surface area contributed by atoms with Crippen LogP contribution in [0.3, 0.4) is 0 Å². The standard InChI is InChI=1S/C15H20ClN3/c1-4-17-15(14-10-19(3)18-11(14)2)9-12-6-5-7-13(16)8-12/h5-8,10,15,17H,4,9H2,1-3H3. The smallest absolute Gasteiger partial charge is 0.0641 e. The van der Waals surface area contributed by atoms with Crippen LogP contribution in [0.25, 0.3) is 0 Å². The second-order valence-corrected chi connectivity index (χ2v) is 5.22. The Morgan fingerprint density at radius 1 is 1.42 bits per heavy atom. The van der Waals surface area contributed by atoms with Gasteiger partial charge in [0.2, 0.25) is 0 Å². The fourth-order valence-electron chi connectivity index (χ4n) is 2.40. The van der Waals surface area contributed by atoms with Gasteiger partial charge in [0.05, 0.1) is 5.69 Å². The average molecular weight is 278 g/mol. The summed E-state index contributed by atoms with van der Waals surface area (Å²) in [6, 6.07) is 8.32. The summed E-state index contributed by atoms with van der Waals surface area (Å²) >= 11 is 6.05. The molecule has 3 nitrogen and oxygen atoms in total. The number of halogens is 1. The molecule has 0 aliphatic rings. The summed E-state index contributed by atoms with van der Waals surface area (Å²) in [4.78, 5) is 0. The van der Waals surface area contributed by atoms with Crippen LogP contribution in [0.5, 0.6) is 0 Å². The van der Waals surface area contributed by atoms with Crippen LogP contribution in [-0.2, 0) is 13.5 Å². The van der Waals surface area contributed by atoms with E-state index in [2.05, 4.69) is 36.5 Å². The maximum absolute atomic E-state index is 6.05. The van der Waals surface area contributed by atoms with Crippen LogP contribution < -0.4 is 5.32 Å². The van der Waals surface area contributed by atoms with Gasteiger partial charge >= 0.3 is 0 Å². The Hall–Kier alpha value is -1.32. The largest absolute Gasteiger partial charge is 0.310 e. The van der Waals surface area contributed by atoms with Crippen LogP contribution in [0.2, 0.25) is 5.02 Å². The first kappa shape index (κ1) is 14.1. The SMILES string of the molecule is CCNC(Cc1cccc(Cl)c1)c1cn(C)nc1C. The number of aromatic nitrogens is 2. The molecular formula is C15H20ClN3. The molecule has 19 heavy (non-hydrogen) atoms. The van der Waals surface area contributed by atoms with Gasteiger partial charge in [0.15, 0.2) is 0 Å². The summed E-state index contributed by atoms with van der Waals surface area (Å²) in [5.41, 5.74) is 3.57. The first-order chi connectivity index (χ1) is 9.10. The van der Waals surface area contributed by atoms with Gasteiger partial charge in [-0.05, 0) is 37.6 Å². The van der Waals surface area contributed by atoms with E-state index in [0.29, 0.717) is 0 Å². The van der Waals surface area contributed by atoms with Gasteiger partial charge in [-0.15, -0.1) is 0 Å². The molecule has 1 aromatic heterocycles. The first-order valence-corrected chi connectivity index (χ1v) is 6.96. The molecule has 1 atom stereocenters. The zero-order valence-electron chi connectivity index (χ0n) is 11.7. The number of nitrogens with one attached hydrogen (secondary N) is 1. The third kappa shape index (κ3) is 3.58. The summed E-state index contributed by atoms with van der Waals surface area (Å²) in [7, 11) is 1.96. The quantitative estimate of drug-likeness (QED) is 0.909. The van der Waals surface area contributed by atoms with Gasteiger partial charge < -0.3 is 5.32 Å². The van der Waals surface area contributed by atoms with E-state index in [-0.39, 0.29) is 6.04 Å². The lowest BCUT2D eigenvalue weighted by Crippen LogP contribution is -2.23. The number of nitrogens with zero attached hydrogens (tertiary/aromatic N) is 2. The van der Waals surface area contributed by atoms with Crippen molar-refractivity contribution >= 4 is 11.6 Å². The van der Waals surface area contributed by atoms with Crippen LogP contribution in [0.1, 0.15) is 29.8 Å². The third-order valence-electron chi connectivity index (χ3n) is 3.21. The van der Waals surface area contributed by atoms with Crippen molar-refractivity contribution in [2.75, 3.05) is 6.54 Å². The molecule has 1 heterocycles. The van der Waals surface area contributed by atoms with Crippen LogP contribution >= 0.6 is 11.6 Å². The molecule has 1 N–H and O–H groups in total. The summed E-state index contributed by atoms with van der Waals surface area (Å²) in [5, 5.41) is 8.74. The van der Waals surface area contributed by atoms with Gasteiger partial charge in [-0.3, -0.25) is 4.68 Å². The van der Waals surface area contributed by atoms with E-state index in [1.54, 1.807) is 0 Å². The normalized spacial score (nSPS) is 12.6. The van der Waals surface area contributed by atoms with E-state index in [1.807, 2.05) is 29.9 Å². The lowest BCUT2D eigenvalue weighted by molar-refractivity contribution is 0.547. The van der Waals surface area contributed by atoms with Crippen molar-refractivity contribution < 1.29 is 0 Å². The van der Waals surface area contributed by atoms with Crippen molar-refractivity contribution in [3.05, 3.63) is 52.3 Å². The van der Waals surface area contributed by atoms with E-state index >= 15 is 0 Å². The van der Waals surface area contributed by atoms with Crippen LogP contribution in [0.4, 0.5) is 0 Å². The van der Waals surface area contributed by atoms with Crippen molar-refractivity contribution in [2.45, 2.75) is 26.3 Å². The number of benzene rings is 1. The lowest BCUT2D eigenvalue weighted by Gasteiger charge is -2.17. The summed E-state index contributed by atoms with van der Waals surface area (Å²) in [6.07, 6.45) is 3.01. The molecule has 0 amide bonds.